The van der Waals surface area contributed by atoms with Crippen LogP contribution in [0.3, 0.4) is 0 Å². The molecule has 5 rings (SSSR count). The molecule has 3 amide bonds. The fraction of sp³-hybridized carbons (Fsp3) is 0.700. The smallest absolute Gasteiger partial charge is 0.366 e. The maximum absolute atomic E-state index is 14.8. The third-order valence-electron chi connectivity index (χ3n) is 7.08. The summed E-state index contributed by atoms with van der Waals surface area (Å²) in [5, 5.41) is 2.83. The molecule has 1 saturated carbocycles. The van der Waals surface area contributed by atoms with Crippen LogP contribution >= 0.6 is 0 Å². The molecule has 8 nitrogen and oxygen atoms in total. The van der Waals surface area contributed by atoms with Gasteiger partial charge in [-0.15, -0.1) is 0 Å². The molecule has 3 aliphatic heterocycles. The van der Waals surface area contributed by atoms with Gasteiger partial charge < -0.3 is 19.9 Å². The fourth-order valence-electron chi connectivity index (χ4n) is 5.35. The maximum atomic E-state index is 14.8. The van der Waals surface area contributed by atoms with E-state index in [4.69, 9.17) is 4.74 Å². The molecule has 0 bridgehead atoms. The van der Waals surface area contributed by atoms with Crippen LogP contribution < -0.4 is 5.32 Å². The van der Waals surface area contributed by atoms with Crippen molar-refractivity contribution in [2.24, 2.45) is 11.3 Å². The van der Waals surface area contributed by atoms with Crippen molar-refractivity contribution in [2.75, 3.05) is 32.8 Å². The van der Waals surface area contributed by atoms with Crippen molar-refractivity contribution < 1.29 is 36.3 Å². The lowest BCUT2D eigenvalue weighted by Gasteiger charge is -2.60. The summed E-state index contributed by atoms with van der Waals surface area (Å²) in [5.41, 5.74) is -1.03. The van der Waals surface area contributed by atoms with Gasteiger partial charge in [-0.25, -0.2) is 23.5 Å². The molecule has 2 atom stereocenters. The minimum Gasteiger partial charge on any atom is -0.366 e. The van der Waals surface area contributed by atoms with Crippen LogP contribution in [-0.4, -0.2) is 76.6 Å². The van der Waals surface area contributed by atoms with Gasteiger partial charge in [-0.3, -0.25) is 4.79 Å². The van der Waals surface area contributed by atoms with E-state index in [2.05, 4.69) is 15.3 Å². The number of halogens is 5. The number of hydrogen-bond acceptors (Lipinski definition) is 5. The van der Waals surface area contributed by atoms with Crippen molar-refractivity contribution in [2.45, 2.75) is 43.5 Å². The first-order valence-corrected chi connectivity index (χ1v) is 10.7. The van der Waals surface area contributed by atoms with Gasteiger partial charge >= 0.3 is 12.2 Å². The van der Waals surface area contributed by atoms with Gasteiger partial charge in [-0.2, -0.15) is 13.2 Å². The lowest BCUT2D eigenvalue weighted by atomic mass is 9.55. The highest BCUT2D eigenvalue weighted by molar-refractivity contribution is 5.79. The Kier molecular flexibility index (Phi) is 5.03. The number of piperidine rings is 1. The zero-order valence-electron chi connectivity index (χ0n) is 17.4. The topological polar surface area (TPSA) is 87.7 Å². The van der Waals surface area contributed by atoms with Crippen molar-refractivity contribution in [1.82, 2.24) is 25.1 Å². The van der Waals surface area contributed by atoms with Gasteiger partial charge in [-0.1, -0.05) is 0 Å². The minimum atomic E-state index is -4.79. The Hall–Kier alpha value is -2.57. The number of aromatic nitrogens is 2. The summed E-state index contributed by atoms with van der Waals surface area (Å²) in [6, 6.07) is -0.442. The van der Waals surface area contributed by atoms with Crippen LogP contribution in [0.1, 0.15) is 30.7 Å². The molecule has 1 N–H and O–H groups in total. The molecule has 4 fully saturated rings. The van der Waals surface area contributed by atoms with E-state index in [9.17, 15) is 31.5 Å². The second-order valence-corrected chi connectivity index (χ2v) is 9.42. The summed E-state index contributed by atoms with van der Waals surface area (Å²) in [6.07, 6.45) is -2.89. The van der Waals surface area contributed by atoms with Gasteiger partial charge in [0.1, 0.15) is 6.61 Å². The van der Waals surface area contributed by atoms with E-state index >= 15 is 0 Å². The lowest BCUT2D eigenvalue weighted by molar-refractivity contribution is -0.179. The van der Waals surface area contributed by atoms with Crippen LogP contribution in [0, 0.1) is 11.3 Å². The molecular weight excluding hydrogens is 453 g/mol. The number of alkyl halides is 5. The van der Waals surface area contributed by atoms with Gasteiger partial charge in [0.15, 0.2) is 0 Å². The fourth-order valence-corrected chi connectivity index (χ4v) is 5.35. The van der Waals surface area contributed by atoms with Gasteiger partial charge in [0.05, 0.1) is 17.7 Å². The third-order valence-corrected chi connectivity index (χ3v) is 7.08. The number of nitrogens with one attached hydrogen (secondary N) is 1. The van der Waals surface area contributed by atoms with Crippen molar-refractivity contribution in [3.05, 3.63) is 23.8 Å². The average molecular weight is 475 g/mol. The number of rotatable bonds is 2. The molecule has 33 heavy (non-hydrogen) atoms. The van der Waals surface area contributed by atoms with Crippen LogP contribution in [0.5, 0.6) is 0 Å². The van der Waals surface area contributed by atoms with Crippen molar-refractivity contribution in [3.63, 3.8) is 0 Å². The molecule has 1 aromatic rings. The SMILES string of the molecule is O=C1CO[C@H]2CCN(C(=O)N3CC4(CC(C(F)(F)c5cnc(C(F)(F)F)nc5)C4)C3)C[C@H]2N1. The van der Waals surface area contributed by atoms with Crippen LogP contribution in [0.4, 0.5) is 26.7 Å². The number of ether oxygens (including phenoxy) is 1. The predicted octanol–water partition coefficient (Wildman–Crippen LogP) is 2.01. The quantitative estimate of drug-likeness (QED) is 0.662. The Morgan fingerprint density at radius 2 is 1.79 bits per heavy atom. The largest absolute Gasteiger partial charge is 0.451 e. The summed E-state index contributed by atoms with van der Waals surface area (Å²) < 4.78 is 72.7. The number of carbonyl (C=O) groups is 2. The first kappa shape index (κ1) is 22.2. The first-order chi connectivity index (χ1) is 15.5. The second kappa shape index (κ2) is 7.47. The Morgan fingerprint density at radius 1 is 1.12 bits per heavy atom. The van der Waals surface area contributed by atoms with Crippen LogP contribution in [0.2, 0.25) is 0 Å². The molecule has 1 spiro atoms. The van der Waals surface area contributed by atoms with E-state index in [1.807, 2.05) is 0 Å². The summed E-state index contributed by atoms with van der Waals surface area (Å²) in [4.78, 5) is 33.7. The highest BCUT2D eigenvalue weighted by Crippen LogP contribution is 2.59. The molecular formula is C20H22F5N5O3. The number of nitrogens with zero attached hydrogens (tertiary/aromatic N) is 4. The molecule has 0 unspecified atom stereocenters. The van der Waals surface area contributed by atoms with Crippen molar-refractivity contribution in [1.29, 1.82) is 0 Å². The monoisotopic (exact) mass is 475 g/mol. The molecule has 13 heteroatoms. The van der Waals surface area contributed by atoms with Gasteiger partial charge in [0.25, 0.3) is 5.92 Å². The Balaban J connectivity index is 1.14. The van der Waals surface area contributed by atoms with Crippen molar-refractivity contribution in [3.8, 4) is 0 Å². The Bertz CT molecular complexity index is 942. The summed E-state index contributed by atoms with van der Waals surface area (Å²) >= 11 is 0. The van der Waals surface area contributed by atoms with Crippen molar-refractivity contribution >= 4 is 11.9 Å². The highest BCUT2D eigenvalue weighted by Gasteiger charge is 2.61. The zero-order chi connectivity index (χ0) is 23.6. The standard InChI is InChI=1S/C20H22F5N5O3/c21-19(22,12-5-26-16(27-6-12)20(23,24)25)11-3-18(4-11)9-30(10-18)17(32)29-2-1-14-13(7-29)28-15(31)8-33-14/h5-6,11,13-14H,1-4,7-10H2,(H,28,31)/t13-,14+/m1/s1. The van der Waals surface area contributed by atoms with E-state index in [1.165, 1.54) is 0 Å². The number of likely N-dealkylation sites (tertiary alicyclic amines) is 2. The van der Waals surface area contributed by atoms with Gasteiger partial charge in [0.2, 0.25) is 11.7 Å². The van der Waals surface area contributed by atoms with Gasteiger partial charge in [0, 0.05) is 49.9 Å². The molecule has 1 aliphatic carbocycles. The number of carbonyl (C=O) groups excluding carboxylic acids is 2. The molecule has 0 aromatic carbocycles. The summed E-state index contributed by atoms with van der Waals surface area (Å²) in [7, 11) is 0. The Morgan fingerprint density at radius 3 is 2.42 bits per heavy atom. The molecule has 1 aromatic heterocycles. The molecule has 4 heterocycles. The van der Waals surface area contributed by atoms with E-state index in [0.717, 1.165) is 0 Å². The lowest BCUT2D eigenvalue weighted by Crippen LogP contribution is -2.69. The summed E-state index contributed by atoms with van der Waals surface area (Å²) in [5.74, 6) is -6.06. The number of urea groups is 1. The van der Waals surface area contributed by atoms with E-state index in [1.54, 1.807) is 9.80 Å². The van der Waals surface area contributed by atoms with E-state index < -0.39 is 34.8 Å². The number of hydrogen-bond donors (Lipinski definition) is 1. The number of morpholine rings is 1. The minimum absolute atomic E-state index is 0.0220. The maximum Gasteiger partial charge on any atom is 0.451 e. The third kappa shape index (κ3) is 3.89. The van der Waals surface area contributed by atoms with Gasteiger partial charge in [-0.05, 0) is 19.3 Å². The van der Waals surface area contributed by atoms with E-state index in [0.29, 0.717) is 45.0 Å². The molecule has 3 saturated heterocycles. The van der Waals surface area contributed by atoms with Crippen LogP contribution in [0.15, 0.2) is 12.4 Å². The number of amides is 3. The molecule has 4 aliphatic rings. The molecule has 180 valence electrons. The predicted molar refractivity (Wildman–Crippen MR) is 101 cm³/mol. The van der Waals surface area contributed by atoms with Crippen LogP contribution in [-0.2, 0) is 21.6 Å². The number of fused-ring (bicyclic) bond motifs is 1. The summed E-state index contributed by atoms with van der Waals surface area (Å²) in [6.45, 7) is 1.57. The Labute approximate surface area is 185 Å². The first-order valence-electron chi connectivity index (χ1n) is 10.7. The normalized spacial score (nSPS) is 27.5. The van der Waals surface area contributed by atoms with E-state index in [-0.39, 0.29) is 43.5 Å². The van der Waals surface area contributed by atoms with Crippen LogP contribution in [0.25, 0.3) is 0 Å². The average Bonchev–Trinajstić information content (AvgIpc) is 2.70. The zero-order valence-corrected chi connectivity index (χ0v) is 17.4. The molecule has 0 radical (unpaired) electrons. The second-order valence-electron chi connectivity index (χ2n) is 9.42. The highest BCUT2D eigenvalue weighted by atomic mass is 19.4.